The van der Waals surface area contributed by atoms with Gasteiger partial charge in [-0.05, 0) is 42.5 Å². The Bertz CT molecular complexity index is 1780. The van der Waals surface area contributed by atoms with Gasteiger partial charge < -0.3 is 29.9 Å². The van der Waals surface area contributed by atoms with E-state index in [1.807, 2.05) is 44.2 Å². The minimum Gasteiger partial charge on any atom is -0.450 e. The van der Waals surface area contributed by atoms with Crippen molar-refractivity contribution in [3.05, 3.63) is 89.9 Å². The summed E-state index contributed by atoms with van der Waals surface area (Å²) < 4.78 is 51.9. The molecule has 2 aliphatic heterocycles. The van der Waals surface area contributed by atoms with Crippen LogP contribution in [0, 0.1) is 23.0 Å². The lowest BCUT2D eigenvalue weighted by Crippen LogP contribution is -2.50. The molecule has 0 unspecified atom stereocenters. The number of aromatic nitrogens is 2. The summed E-state index contributed by atoms with van der Waals surface area (Å²) in [6.07, 6.45) is 0.431. The molecular formula is C37H43F3N6O6. The number of alkyl carbamates (subject to hydrolysis) is 1. The molecular weight excluding hydrogens is 681 g/mol. The van der Waals surface area contributed by atoms with Crippen LogP contribution in [-0.2, 0) is 25.7 Å². The molecule has 0 bridgehead atoms. The highest BCUT2D eigenvalue weighted by molar-refractivity contribution is 6.12. The zero-order valence-corrected chi connectivity index (χ0v) is 29.2. The molecule has 2 aromatic carbocycles. The number of imidazole rings is 1. The lowest BCUT2D eigenvalue weighted by Gasteiger charge is -2.43. The third-order valence-electron chi connectivity index (χ3n) is 9.32. The van der Waals surface area contributed by atoms with Crippen molar-refractivity contribution in [2.75, 3.05) is 39.3 Å². The molecule has 5 rings (SSSR count). The number of nitrogens with zero attached hydrogens (tertiary/aromatic N) is 4. The van der Waals surface area contributed by atoms with Gasteiger partial charge in [-0.15, -0.1) is 0 Å². The lowest BCUT2D eigenvalue weighted by molar-refractivity contribution is -0.146. The van der Waals surface area contributed by atoms with Gasteiger partial charge in [0, 0.05) is 69.1 Å². The largest absolute Gasteiger partial charge is 0.450 e. The molecule has 278 valence electrons. The average Bonchev–Trinajstić information content (AvgIpc) is 3.80. The molecule has 2 aliphatic rings. The molecule has 1 saturated heterocycles. The van der Waals surface area contributed by atoms with E-state index in [1.54, 1.807) is 10.8 Å². The molecule has 1 fully saturated rings. The van der Waals surface area contributed by atoms with Crippen molar-refractivity contribution in [3.8, 4) is 11.3 Å². The first-order valence-electron chi connectivity index (χ1n) is 17.1. The van der Waals surface area contributed by atoms with Gasteiger partial charge in [0.15, 0.2) is 0 Å². The summed E-state index contributed by atoms with van der Waals surface area (Å²) in [4.78, 5) is 57.3. The number of alkyl halides is 1. The quantitative estimate of drug-likeness (QED) is 0.201. The number of benzene rings is 2. The number of aliphatic hydroxyl groups is 1. The van der Waals surface area contributed by atoms with Gasteiger partial charge in [0.25, 0.3) is 17.7 Å². The summed E-state index contributed by atoms with van der Waals surface area (Å²) in [5, 5.41) is 16.2. The van der Waals surface area contributed by atoms with Crippen molar-refractivity contribution in [2.24, 2.45) is 11.3 Å². The Morgan fingerprint density at radius 2 is 1.83 bits per heavy atom. The van der Waals surface area contributed by atoms with Crippen LogP contribution in [0.1, 0.15) is 44.6 Å². The Kier molecular flexibility index (Phi) is 12.2. The molecule has 0 spiro atoms. The first-order chi connectivity index (χ1) is 24.7. The summed E-state index contributed by atoms with van der Waals surface area (Å²) in [5.41, 5.74) is -0.163. The van der Waals surface area contributed by atoms with Gasteiger partial charge in [0.1, 0.15) is 29.7 Å². The van der Waals surface area contributed by atoms with E-state index >= 15 is 8.78 Å². The lowest BCUT2D eigenvalue weighted by atomic mass is 9.79. The number of ether oxygens (including phenoxy) is 1. The predicted molar refractivity (Wildman–Crippen MR) is 184 cm³/mol. The topological polar surface area (TPSA) is 146 Å². The van der Waals surface area contributed by atoms with Crippen molar-refractivity contribution in [1.82, 2.24) is 30.0 Å². The van der Waals surface area contributed by atoms with Crippen molar-refractivity contribution in [3.63, 3.8) is 0 Å². The van der Waals surface area contributed by atoms with E-state index in [1.165, 1.54) is 11.8 Å². The maximum atomic E-state index is 15.2. The maximum Gasteiger partial charge on any atom is 0.407 e. The molecule has 52 heavy (non-hydrogen) atoms. The third-order valence-corrected chi connectivity index (χ3v) is 9.32. The standard InChI is InChI=1S/C37H43F3N6O6/c1-23(47)35(50)46(21-25-18-41-19-29(25)40)33(37(2,3)13-16-52-36(51)42-14-15-45-31(48)11-12-32(45)49)34-43-30(27-17-26(38)9-10-28(27)39)22-44(34)20-24-7-5-4-6-8-24/h4-12,17,22-23,25,29,33,41,47H,13-16,18-21H2,1-3H3,(H,42,51)/t23-,25-,29-,33-/m0/s1. The van der Waals surface area contributed by atoms with Crippen molar-refractivity contribution < 1.29 is 42.2 Å². The molecule has 1 aromatic heterocycles. The molecule has 15 heteroatoms. The fourth-order valence-corrected chi connectivity index (χ4v) is 6.50. The van der Waals surface area contributed by atoms with Gasteiger partial charge in [-0.2, -0.15) is 0 Å². The summed E-state index contributed by atoms with van der Waals surface area (Å²) in [6.45, 7) is 5.18. The monoisotopic (exact) mass is 724 g/mol. The van der Waals surface area contributed by atoms with Gasteiger partial charge in [-0.3, -0.25) is 19.3 Å². The Morgan fingerprint density at radius 1 is 1.12 bits per heavy atom. The summed E-state index contributed by atoms with van der Waals surface area (Å²) in [7, 11) is 0. The van der Waals surface area contributed by atoms with Crippen molar-refractivity contribution in [1.29, 1.82) is 0 Å². The molecule has 4 amide bonds. The SMILES string of the molecule is C[C@H](O)C(=O)N(C[C@@H]1CNC[C@@H]1F)[C@@H](c1nc(-c2cc(F)ccc2F)cn1Cc1ccccc1)C(C)(C)CCOC(=O)NCCN1C(=O)C=CC1=O. The van der Waals surface area contributed by atoms with Gasteiger partial charge in [0.2, 0.25) is 0 Å². The van der Waals surface area contributed by atoms with Crippen LogP contribution in [0.5, 0.6) is 0 Å². The summed E-state index contributed by atoms with van der Waals surface area (Å²) in [6, 6.07) is 11.3. The molecule has 0 saturated carbocycles. The fourth-order valence-electron chi connectivity index (χ4n) is 6.50. The molecule has 4 atom stereocenters. The zero-order chi connectivity index (χ0) is 37.6. The first kappa shape index (κ1) is 38.2. The van der Waals surface area contributed by atoms with E-state index in [4.69, 9.17) is 9.72 Å². The highest BCUT2D eigenvalue weighted by atomic mass is 19.1. The number of imide groups is 1. The van der Waals surface area contributed by atoms with E-state index in [0.717, 1.165) is 40.8 Å². The zero-order valence-electron chi connectivity index (χ0n) is 29.2. The number of carbonyl (C=O) groups excluding carboxylic acids is 4. The van der Waals surface area contributed by atoms with Crippen LogP contribution >= 0.6 is 0 Å². The minimum atomic E-state index is -1.48. The van der Waals surface area contributed by atoms with Gasteiger partial charge in [-0.1, -0.05) is 44.2 Å². The van der Waals surface area contributed by atoms with Crippen LogP contribution < -0.4 is 10.6 Å². The second-order valence-electron chi connectivity index (χ2n) is 13.7. The normalized spacial score (nSPS) is 18.5. The van der Waals surface area contributed by atoms with E-state index in [2.05, 4.69) is 10.6 Å². The number of nitrogens with one attached hydrogen (secondary N) is 2. The smallest absolute Gasteiger partial charge is 0.407 e. The third kappa shape index (κ3) is 9.06. The number of rotatable bonds is 15. The molecule has 12 nitrogen and oxygen atoms in total. The number of halogens is 3. The van der Waals surface area contributed by atoms with E-state index < -0.39 is 65.1 Å². The number of hydrogen-bond acceptors (Lipinski definition) is 8. The van der Waals surface area contributed by atoms with Gasteiger partial charge in [0.05, 0.1) is 18.3 Å². The van der Waals surface area contributed by atoms with Crippen LogP contribution in [0.15, 0.2) is 66.9 Å². The van der Waals surface area contributed by atoms with E-state index in [0.29, 0.717) is 0 Å². The number of amides is 4. The Morgan fingerprint density at radius 3 is 2.48 bits per heavy atom. The van der Waals surface area contributed by atoms with Crippen molar-refractivity contribution >= 4 is 23.8 Å². The molecule has 3 aromatic rings. The Labute approximate surface area is 299 Å². The summed E-state index contributed by atoms with van der Waals surface area (Å²) >= 11 is 0. The van der Waals surface area contributed by atoms with Crippen molar-refractivity contribution in [2.45, 2.75) is 52.1 Å². The summed E-state index contributed by atoms with van der Waals surface area (Å²) in [5.74, 6) is -3.39. The Balaban J connectivity index is 1.49. The van der Waals surface area contributed by atoms with Crippen LogP contribution in [0.2, 0.25) is 0 Å². The van der Waals surface area contributed by atoms with Crippen LogP contribution in [0.3, 0.4) is 0 Å². The van der Waals surface area contributed by atoms with Crippen LogP contribution in [0.25, 0.3) is 11.3 Å². The minimum absolute atomic E-state index is 0.0448. The molecule has 0 radical (unpaired) electrons. The van der Waals surface area contributed by atoms with Crippen LogP contribution in [-0.4, -0.2) is 99.9 Å². The maximum absolute atomic E-state index is 15.2. The highest BCUT2D eigenvalue weighted by Gasteiger charge is 2.44. The average molecular weight is 725 g/mol. The number of aliphatic hydroxyl groups excluding tert-OH is 1. The molecule has 0 aliphatic carbocycles. The van der Waals surface area contributed by atoms with Gasteiger partial charge >= 0.3 is 6.09 Å². The fraction of sp³-hybridized carbons (Fsp3) is 0.432. The van der Waals surface area contributed by atoms with E-state index in [-0.39, 0.29) is 69.4 Å². The second-order valence-corrected chi connectivity index (χ2v) is 13.7. The van der Waals surface area contributed by atoms with Crippen LogP contribution in [0.4, 0.5) is 18.0 Å². The van der Waals surface area contributed by atoms with E-state index in [9.17, 15) is 28.7 Å². The predicted octanol–water partition coefficient (Wildman–Crippen LogP) is 3.75. The first-order valence-corrected chi connectivity index (χ1v) is 17.1. The molecule has 3 N–H and O–H groups in total. The highest BCUT2D eigenvalue weighted by Crippen LogP contribution is 2.43. The molecule has 3 heterocycles. The Hall–Kier alpha value is -5.02. The number of carbonyl (C=O) groups is 4. The second kappa shape index (κ2) is 16.5. The number of hydrogen-bond donors (Lipinski definition) is 3. The van der Waals surface area contributed by atoms with Gasteiger partial charge in [-0.25, -0.2) is 22.9 Å².